The van der Waals surface area contributed by atoms with Crippen molar-refractivity contribution in [3.8, 4) is 0 Å². The molecule has 0 heterocycles. The van der Waals surface area contributed by atoms with Gasteiger partial charge in [-0.1, -0.05) is 53.4 Å². The fourth-order valence-electron chi connectivity index (χ4n) is 3.20. The molecule has 0 aliphatic heterocycles. The second-order valence-electron chi connectivity index (χ2n) is 5.82. The van der Waals surface area contributed by atoms with Crippen LogP contribution in [0, 0.1) is 17.3 Å². The van der Waals surface area contributed by atoms with Gasteiger partial charge in [-0.2, -0.15) is 0 Å². The average Bonchev–Trinajstić information content (AvgIpc) is 2.49. The van der Waals surface area contributed by atoms with Crippen LogP contribution in [0.3, 0.4) is 0 Å². The van der Waals surface area contributed by atoms with E-state index in [2.05, 4.69) is 27.7 Å². The first kappa shape index (κ1) is 12.1. The van der Waals surface area contributed by atoms with Crippen LogP contribution in [0.5, 0.6) is 0 Å². The summed E-state index contributed by atoms with van der Waals surface area (Å²) in [6.45, 7) is 9.61. The van der Waals surface area contributed by atoms with Crippen LogP contribution in [0.4, 0.5) is 0 Å². The Labute approximate surface area is 90.5 Å². The molecule has 1 rings (SSSR count). The molecule has 0 amide bonds. The lowest BCUT2D eigenvalue weighted by molar-refractivity contribution is 0.166. The van der Waals surface area contributed by atoms with Crippen molar-refractivity contribution in [3.63, 3.8) is 0 Å². The predicted molar refractivity (Wildman–Crippen MR) is 64.4 cm³/mol. The Morgan fingerprint density at radius 2 is 2.00 bits per heavy atom. The zero-order chi connectivity index (χ0) is 10.6. The summed E-state index contributed by atoms with van der Waals surface area (Å²) in [6, 6.07) is 0. The molecule has 0 saturated heterocycles. The highest BCUT2D eigenvalue weighted by atomic mass is 14.4. The van der Waals surface area contributed by atoms with E-state index in [4.69, 9.17) is 0 Å². The maximum Gasteiger partial charge on any atom is -0.0272 e. The highest BCUT2D eigenvalue weighted by Crippen LogP contribution is 2.50. The van der Waals surface area contributed by atoms with Crippen LogP contribution in [-0.2, 0) is 0 Å². The van der Waals surface area contributed by atoms with Crippen LogP contribution >= 0.6 is 0 Å². The maximum absolute atomic E-state index is 2.43. The van der Waals surface area contributed by atoms with Gasteiger partial charge in [0.05, 0.1) is 0 Å². The Hall–Kier alpha value is 0. The van der Waals surface area contributed by atoms with E-state index < -0.39 is 0 Å². The molecular formula is C14H28. The third-order valence-corrected chi connectivity index (χ3v) is 4.39. The van der Waals surface area contributed by atoms with Gasteiger partial charge in [-0.05, 0) is 36.5 Å². The van der Waals surface area contributed by atoms with Crippen molar-refractivity contribution >= 4 is 0 Å². The van der Waals surface area contributed by atoms with Gasteiger partial charge in [0, 0.05) is 0 Å². The molecule has 0 nitrogen and oxygen atoms in total. The number of unbranched alkanes of at least 4 members (excludes halogenated alkanes) is 2. The van der Waals surface area contributed by atoms with Gasteiger partial charge in [-0.15, -0.1) is 0 Å². The van der Waals surface area contributed by atoms with E-state index >= 15 is 0 Å². The van der Waals surface area contributed by atoms with Crippen molar-refractivity contribution in [1.29, 1.82) is 0 Å². The Kier molecular flexibility index (Phi) is 4.47. The van der Waals surface area contributed by atoms with Gasteiger partial charge in [0.2, 0.25) is 0 Å². The van der Waals surface area contributed by atoms with E-state index in [9.17, 15) is 0 Å². The van der Waals surface area contributed by atoms with Gasteiger partial charge in [-0.3, -0.25) is 0 Å². The summed E-state index contributed by atoms with van der Waals surface area (Å²) >= 11 is 0. The Balaban J connectivity index is 2.46. The van der Waals surface area contributed by atoms with Crippen LogP contribution in [0.1, 0.15) is 72.6 Å². The predicted octanol–water partition coefficient (Wildman–Crippen LogP) is 5.03. The molecule has 1 saturated carbocycles. The Morgan fingerprint density at radius 3 is 2.43 bits per heavy atom. The summed E-state index contributed by atoms with van der Waals surface area (Å²) < 4.78 is 0. The largest absolute Gasteiger partial charge is 0.0654 e. The van der Waals surface area contributed by atoms with Gasteiger partial charge in [0.25, 0.3) is 0 Å². The monoisotopic (exact) mass is 196 g/mol. The highest BCUT2D eigenvalue weighted by molar-refractivity contribution is 4.89. The third kappa shape index (κ3) is 2.74. The van der Waals surface area contributed by atoms with Gasteiger partial charge >= 0.3 is 0 Å². The fraction of sp³-hybridized carbons (Fsp3) is 1.00. The quantitative estimate of drug-likeness (QED) is 0.541. The number of hydrogen-bond donors (Lipinski definition) is 0. The van der Waals surface area contributed by atoms with Crippen molar-refractivity contribution in [1.82, 2.24) is 0 Å². The smallest absolute Gasteiger partial charge is 0.0272 e. The summed E-state index contributed by atoms with van der Waals surface area (Å²) in [5.74, 6) is 1.88. The normalized spacial score (nSPS) is 32.8. The molecule has 2 atom stereocenters. The van der Waals surface area contributed by atoms with Crippen molar-refractivity contribution in [2.24, 2.45) is 17.3 Å². The van der Waals surface area contributed by atoms with Gasteiger partial charge < -0.3 is 0 Å². The molecule has 0 radical (unpaired) electrons. The first-order chi connectivity index (χ1) is 6.60. The van der Waals surface area contributed by atoms with Crippen LogP contribution in [0.15, 0.2) is 0 Å². The molecular weight excluding hydrogens is 168 g/mol. The minimum atomic E-state index is 0.717. The lowest BCUT2D eigenvalue weighted by Gasteiger charge is -2.34. The summed E-state index contributed by atoms with van der Waals surface area (Å²) in [4.78, 5) is 0. The Morgan fingerprint density at radius 1 is 1.29 bits per heavy atom. The first-order valence-corrected chi connectivity index (χ1v) is 6.60. The zero-order valence-electron chi connectivity index (χ0n) is 10.6. The minimum absolute atomic E-state index is 0.717. The van der Waals surface area contributed by atoms with E-state index in [-0.39, 0.29) is 0 Å². The minimum Gasteiger partial charge on any atom is -0.0654 e. The van der Waals surface area contributed by atoms with E-state index in [0.717, 1.165) is 11.8 Å². The molecule has 1 fully saturated rings. The summed E-state index contributed by atoms with van der Waals surface area (Å²) in [7, 11) is 0. The van der Waals surface area contributed by atoms with E-state index in [1.165, 1.54) is 44.9 Å². The standard InChI is InChI=1S/C14H28/c1-5-6-7-9-14(12(2)3)10-8-13(4)11-14/h12-13H,5-11H2,1-4H3. The molecule has 84 valence electrons. The molecule has 1 aliphatic carbocycles. The van der Waals surface area contributed by atoms with Crippen LogP contribution in [-0.4, -0.2) is 0 Å². The lowest BCUT2D eigenvalue weighted by Crippen LogP contribution is -2.24. The molecule has 0 aromatic heterocycles. The molecule has 0 N–H and O–H groups in total. The second kappa shape index (κ2) is 5.19. The number of rotatable bonds is 5. The summed E-state index contributed by atoms with van der Waals surface area (Å²) in [5, 5.41) is 0. The summed E-state index contributed by atoms with van der Waals surface area (Å²) in [5.41, 5.74) is 0.717. The third-order valence-electron chi connectivity index (χ3n) is 4.39. The van der Waals surface area contributed by atoms with Crippen LogP contribution in [0.25, 0.3) is 0 Å². The molecule has 0 aromatic rings. The first-order valence-electron chi connectivity index (χ1n) is 6.60. The molecule has 14 heavy (non-hydrogen) atoms. The van der Waals surface area contributed by atoms with E-state index in [0.29, 0.717) is 5.41 Å². The molecule has 0 aromatic carbocycles. The van der Waals surface area contributed by atoms with Crippen molar-refractivity contribution in [2.45, 2.75) is 72.6 Å². The van der Waals surface area contributed by atoms with Crippen molar-refractivity contribution < 1.29 is 0 Å². The van der Waals surface area contributed by atoms with E-state index in [1.54, 1.807) is 0 Å². The van der Waals surface area contributed by atoms with Gasteiger partial charge in [-0.25, -0.2) is 0 Å². The van der Waals surface area contributed by atoms with Crippen LogP contribution < -0.4 is 0 Å². The number of hydrogen-bond acceptors (Lipinski definition) is 0. The molecule has 0 spiro atoms. The molecule has 0 bridgehead atoms. The van der Waals surface area contributed by atoms with Gasteiger partial charge in [0.1, 0.15) is 0 Å². The topological polar surface area (TPSA) is 0 Å². The average molecular weight is 196 g/mol. The Bertz CT molecular complexity index is 159. The zero-order valence-corrected chi connectivity index (χ0v) is 10.6. The molecule has 0 heteroatoms. The maximum atomic E-state index is 2.43. The molecule has 1 aliphatic rings. The lowest BCUT2D eigenvalue weighted by atomic mass is 9.71. The second-order valence-corrected chi connectivity index (χ2v) is 5.82. The van der Waals surface area contributed by atoms with Crippen molar-refractivity contribution in [3.05, 3.63) is 0 Å². The highest BCUT2D eigenvalue weighted by Gasteiger charge is 2.38. The van der Waals surface area contributed by atoms with Gasteiger partial charge in [0.15, 0.2) is 0 Å². The fourth-order valence-corrected chi connectivity index (χ4v) is 3.20. The SMILES string of the molecule is CCCCCC1(C(C)C)CCC(C)C1. The van der Waals surface area contributed by atoms with Crippen molar-refractivity contribution in [2.75, 3.05) is 0 Å². The summed E-state index contributed by atoms with van der Waals surface area (Å²) in [6.07, 6.45) is 10.2. The van der Waals surface area contributed by atoms with Crippen LogP contribution in [0.2, 0.25) is 0 Å². The van der Waals surface area contributed by atoms with E-state index in [1.807, 2.05) is 0 Å². The molecule has 2 unspecified atom stereocenters.